The molecule has 110 valence electrons. The van der Waals surface area contributed by atoms with Crippen molar-refractivity contribution >= 4 is 11.0 Å². The Morgan fingerprint density at radius 2 is 2.00 bits per heavy atom. The minimum Gasteiger partial charge on any atom is -0.493 e. The fourth-order valence-corrected chi connectivity index (χ4v) is 2.49. The van der Waals surface area contributed by atoms with E-state index in [1.54, 1.807) is 7.11 Å². The van der Waals surface area contributed by atoms with Gasteiger partial charge in [-0.15, -0.1) is 0 Å². The van der Waals surface area contributed by atoms with E-state index in [0.717, 1.165) is 48.3 Å². The SMILES string of the molecule is CCCNC(CC)c1cc2cc(CC)cc(OC)c2o1. The van der Waals surface area contributed by atoms with Crippen molar-refractivity contribution in [1.82, 2.24) is 5.32 Å². The van der Waals surface area contributed by atoms with E-state index in [9.17, 15) is 0 Å². The van der Waals surface area contributed by atoms with Crippen molar-refractivity contribution < 1.29 is 9.15 Å². The molecular formula is C17H25NO2. The Hall–Kier alpha value is -1.48. The molecule has 0 saturated heterocycles. The van der Waals surface area contributed by atoms with Gasteiger partial charge in [0.2, 0.25) is 0 Å². The van der Waals surface area contributed by atoms with Gasteiger partial charge in [-0.1, -0.05) is 20.8 Å². The van der Waals surface area contributed by atoms with Crippen LogP contribution in [0.15, 0.2) is 22.6 Å². The van der Waals surface area contributed by atoms with Crippen LogP contribution in [0.1, 0.15) is 51.0 Å². The number of benzene rings is 1. The van der Waals surface area contributed by atoms with Crippen molar-refractivity contribution in [2.75, 3.05) is 13.7 Å². The lowest BCUT2D eigenvalue weighted by Gasteiger charge is -2.13. The van der Waals surface area contributed by atoms with Crippen molar-refractivity contribution in [2.45, 2.75) is 46.1 Å². The van der Waals surface area contributed by atoms with Crippen LogP contribution in [-0.2, 0) is 6.42 Å². The van der Waals surface area contributed by atoms with Crippen LogP contribution < -0.4 is 10.1 Å². The molecule has 0 aliphatic heterocycles. The lowest BCUT2D eigenvalue weighted by atomic mass is 10.1. The van der Waals surface area contributed by atoms with E-state index >= 15 is 0 Å². The standard InChI is InChI=1S/C17H25NO2/c1-5-8-18-14(7-3)15-11-13-9-12(6-2)10-16(19-4)17(13)20-15/h9-11,14,18H,5-8H2,1-4H3. The zero-order valence-electron chi connectivity index (χ0n) is 13.0. The number of furan rings is 1. The molecule has 1 aromatic heterocycles. The molecule has 1 atom stereocenters. The number of hydrogen-bond acceptors (Lipinski definition) is 3. The van der Waals surface area contributed by atoms with Crippen molar-refractivity contribution in [3.8, 4) is 5.75 Å². The quantitative estimate of drug-likeness (QED) is 0.810. The summed E-state index contributed by atoms with van der Waals surface area (Å²) >= 11 is 0. The molecule has 0 aliphatic rings. The molecule has 3 heteroatoms. The summed E-state index contributed by atoms with van der Waals surface area (Å²) in [4.78, 5) is 0. The maximum Gasteiger partial charge on any atom is 0.176 e. The Kier molecular flexibility index (Phi) is 5.07. The summed E-state index contributed by atoms with van der Waals surface area (Å²) in [6, 6.07) is 6.68. The molecule has 3 nitrogen and oxygen atoms in total. The highest BCUT2D eigenvalue weighted by atomic mass is 16.5. The minimum atomic E-state index is 0.275. The maximum atomic E-state index is 6.05. The largest absolute Gasteiger partial charge is 0.493 e. The molecule has 0 radical (unpaired) electrons. The fourth-order valence-electron chi connectivity index (χ4n) is 2.49. The Labute approximate surface area is 121 Å². The molecule has 0 spiro atoms. The number of methoxy groups -OCH3 is 1. The average molecular weight is 275 g/mol. The number of hydrogen-bond donors (Lipinski definition) is 1. The van der Waals surface area contributed by atoms with Gasteiger partial charge in [-0.3, -0.25) is 0 Å². The van der Waals surface area contributed by atoms with Crippen LogP contribution >= 0.6 is 0 Å². The summed E-state index contributed by atoms with van der Waals surface area (Å²) in [6.45, 7) is 7.51. The molecule has 1 heterocycles. The van der Waals surface area contributed by atoms with E-state index in [2.05, 4.69) is 44.3 Å². The van der Waals surface area contributed by atoms with Gasteiger partial charge in [0.25, 0.3) is 0 Å². The topological polar surface area (TPSA) is 34.4 Å². The van der Waals surface area contributed by atoms with Gasteiger partial charge in [-0.2, -0.15) is 0 Å². The number of fused-ring (bicyclic) bond motifs is 1. The van der Waals surface area contributed by atoms with Crippen LogP contribution in [0, 0.1) is 0 Å². The zero-order chi connectivity index (χ0) is 14.5. The number of ether oxygens (including phenoxy) is 1. The van der Waals surface area contributed by atoms with Gasteiger partial charge >= 0.3 is 0 Å². The van der Waals surface area contributed by atoms with Crippen LogP contribution in [0.2, 0.25) is 0 Å². The van der Waals surface area contributed by atoms with Crippen molar-refractivity contribution in [2.24, 2.45) is 0 Å². The molecule has 0 aliphatic carbocycles. The molecule has 2 aromatic rings. The summed E-state index contributed by atoms with van der Waals surface area (Å²) in [7, 11) is 1.70. The first kappa shape index (κ1) is 14.9. The first-order chi connectivity index (χ1) is 9.73. The first-order valence-electron chi connectivity index (χ1n) is 7.57. The molecule has 2 rings (SSSR count). The predicted molar refractivity (Wildman–Crippen MR) is 83.5 cm³/mol. The van der Waals surface area contributed by atoms with E-state index in [4.69, 9.17) is 9.15 Å². The normalized spacial score (nSPS) is 12.8. The lowest BCUT2D eigenvalue weighted by Crippen LogP contribution is -2.20. The third-order valence-corrected chi connectivity index (χ3v) is 3.68. The second-order valence-electron chi connectivity index (χ2n) is 5.13. The van der Waals surface area contributed by atoms with Crippen LogP contribution in [0.25, 0.3) is 11.0 Å². The van der Waals surface area contributed by atoms with Crippen LogP contribution in [0.5, 0.6) is 5.75 Å². The second-order valence-corrected chi connectivity index (χ2v) is 5.13. The molecule has 0 fully saturated rings. The highest BCUT2D eigenvalue weighted by Crippen LogP contribution is 2.33. The van der Waals surface area contributed by atoms with Gasteiger partial charge < -0.3 is 14.5 Å². The molecule has 1 unspecified atom stereocenters. The molecule has 20 heavy (non-hydrogen) atoms. The first-order valence-corrected chi connectivity index (χ1v) is 7.57. The van der Waals surface area contributed by atoms with Gasteiger partial charge in [0.15, 0.2) is 11.3 Å². The number of rotatable bonds is 7. The van der Waals surface area contributed by atoms with E-state index in [1.165, 1.54) is 5.56 Å². The van der Waals surface area contributed by atoms with E-state index < -0.39 is 0 Å². The Morgan fingerprint density at radius 1 is 1.20 bits per heavy atom. The van der Waals surface area contributed by atoms with Crippen molar-refractivity contribution in [1.29, 1.82) is 0 Å². The summed E-state index contributed by atoms with van der Waals surface area (Å²) in [6.07, 6.45) is 3.14. The summed E-state index contributed by atoms with van der Waals surface area (Å²) < 4.78 is 11.5. The summed E-state index contributed by atoms with van der Waals surface area (Å²) in [5.74, 6) is 1.83. The summed E-state index contributed by atoms with van der Waals surface area (Å²) in [5.41, 5.74) is 2.13. The van der Waals surface area contributed by atoms with E-state index in [1.807, 2.05) is 0 Å². The molecular weight excluding hydrogens is 250 g/mol. The van der Waals surface area contributed by atoms with Gasteiger partial charge in [0.05, 0.1) is 13.2 Å². The van der Waals surface area contributed by atoms with Gasteiger partial charge in [-0.05, 0) is 49.6 Å². The second kappa shape index (κ2) is 6.80. The van der Waals surface area contributed by atoms with Gasteiger partial charge in [-0.25, -0.2) is 0 Å². The molecule has 1 N–H and O–H groups in total. The highest BCUT2D eigenvalue weighted by Gasteiger charge is 2.16. The molecule has 0 amide bonds. The van der Waals surface area contributed by atoms with Crippen LogP contribution in [0.4, 0.5) is 0 Å². The Bertz CT molecular complexity index is 559. The lowest BCUT2D eigenvalue weighted by molar-refractivity contribution is 0.392. The van der Waals surface area contributed by atoms with Crippen molar-refractivity contribution in [3.63, 3.8) is 0 Å². The zero-order valence-corrected chi connectivity index (χ0v) is 13.0. The fraction of sp³-hybridized carbons (Fsp3) is 0.529. The van der Waals surface area contributed by atoms with Crippen molar-refractivity contribution in [3.05, 3.63) is 29.5 Å². The number of nitrogens with one attached hydrogen (secondary N) is 1. The number of aryl methyl sites for hydroxylation is 1. The average Bonchev–Trinajstić information content (AvgIpc) is 2.90. The van der Waals surface area contributed by atoms with E-state index in [-0.39, 0.29) is 6.04 Å². The molecule has 0 bridgehead atoms. The Balaban J connectivity index is 2.41. The monoisotopic (exact) mass is 275 g/mol. The third-order valence-electron chi connectivity index (χ3n) is 3.68. The van der Waals surface area contributed by atoms with Gasteiger partial charge in [0, 0.05) is 5.39 Å². The predicted octanol–water partition coefficient (Wildman–Crippen LogP) is 4.45. The maximum absolute atomic E-state index is 6.05. The smallest absolute Gasteiger partial charge is 0.176 e. The van der Waals surface area contributed by atoms with E-state index in [0.29, 0.717) is 0 Å². The highest BCUT2D eigenvalue weighted by molar-refractivity contribution is 5.84. The molecule has 0 saturated carbocycles. The van der Waals surface area contributed by atoms with Gasteiger partial charge in [0.1, 0.15) is 5.76 Å². The Morgan fingerprint density at radius 3 is 2.60 bits per heavy atom. The molecule has 1 aromatic carbocycles. The summed E-state index contributed by atoms with van der Waals surface area (Å²) in [5, 5.41) is 4.66. The third kappa shape index (κ3) is 2.98. The minimum absolute atomic E-state index is 0.275. The van der Waals surface area contributed by atoms with Crippen LogP contribution in [-0.4, -0.2) is 13.7 Å². The van der Waals surface area contributed by atoms with Crippen LogP contribution in [0.3, 0.4) is 0 Å².